The van der Waals surface area contributed by atoms with E-state index in [1.54, 1.807) is 11.9 Å². The van der Waals surface area contributed by atoms with Gasteiger partial charge in [-0.15, -0.1) is 0 Å². The van der Waals surface area contributed by atoms with Crippen molar-refractivity contribution in [3.05, 3.63) is 35.4 Å². The average molecular weight is 219 g/mol. The number of guanidine groups is 2. The first-order valence-corrected chi connectivity index (χ1v) is 4.94. The van der Waals surface area contributed by atoms with E-state index in [1.165, 1.54) is 5.56 Å². The van der Waals surface area contributed by atoms with Crippen LogP contribution in [-0.4, -0.2) is 23.9 Å². The van der Waals surface area contributed by atoms with Crippen molar-refractivity contribution in [1.82, 2.24) is 4.90 Å². The van der Waals surface area contributed by atoms with Gasteiger partial charge in [0.15, 0.2) is 5.96 Å². The maximum absolute atomic E-state index is 7.62. The lowest BCUT2D eigenvalue weighted by Gasteiger charge is -2.18. The molecular formula is C11H17N5. The van der Waals surface area contributed by atoms with E-state index in [9.17, 15) is 0 Å². The van der Waals surface area contributed by atoms with Crippen molar-refractivity contribution in [2.24, 2.45) is 16.5 Å². The van der Waals surface area contributed by atoms with Gasteiger partial charge in [-0.25, -0.2) is 0 Å². The molecule has 0 unspecified atom stereocenters. The lowest BCUT2D eigenvalue weighted by atomic mass is 10.1. The summed E-state index contributed by atoms with van der Waals surface area (Å²) in [5, 5.41) is 7.62. The smallest absolute Gasteiger partial charge is 0.221 e. The lowest BCUT2D eigenvalue weighted by molar-refractivity contribution is 0.490. The second-order valence-electron chi connectivity index (χ2n) is 3.64. The maximum atomic E-state index is 7.62. The Balaban J connectivity index is 2.72. The highest BCUT2D eigenvalue weighted by Gasteiger charge is 2.05. The van der Waals surface area contributed by atoms with Crippen LogP contribution < -0.4 is 11.5 Å². The Morgan fingerprint density at radius 1 is 1.38 bits per heavy atom. The number of aliphatic imine (C=N–C) groups is 1. The number of nitrogens with two attached hydrogens (primary N) is 2. The Morgan fingerprint density at radius 3 is 2.56 bits per heavy atom. The molecule has 5 nitrogen and oxygen atoms in total. The highest BCUT2D eigenvalue weighted by atomic mass is 15.2. The van der Waals surface area contributed by atoms with E-state index in [4.69, 9.17) is 16.9 Å². The van der Waals surface area contributed by atoms with E-state index in [0.717, 1.165) is 5.56 Å². The summed E-state index contributed by atoms with van der Waals surface area (Å²) in [6, 6.07) is 8.02. The Morgan fingerprint density at radius 2 is 2.00 bits per heavy atom. The molecule has 1 rings (SSSR count). The van der Waals surface area contributed by atoms with Gasteiger partial charge in [-0.3, -0.25) is 5.41 Å². The molecule has 0 aliphatic carbocycles. The number of nitrogens with zero attached hydrogens (tertiary/aromatic N) is 2. The Labute approximate surface area is 95.3 Å². The van der Waals surface area contributed by atoms with Crippen molar-refractivity contribution >= 4 is 11.9 Å². The standard InChI is InChI=1S/C11H17N5/c1-8-5-3-4-6-9(8)7-16(2)11(14)15-10(12)13/h3-6H,7H2,1-2H3,(H5,12,13,14,15). The topological polar surface area (TPSA) is 91.5 Å². The molecule has 5 heteroatoms. The lowest BCUT2D eigenvalue weighted by Crippen LogP contribution is -2.30. The molecule has 0 atom stereocenters. The van der Waals surface area contributed by atoms with Crippen LogP contribution in [0.3, 0.4) is 0 Å². The first kappa shape index (κ1) is 12.0. The van der Waals surface area contributed by atoms with Crippen molar-refractivity contribution in [2.45, 2.75) is 13.5 Å². The third-order valence-corrected chi connectivity index (χ3v) is 2.27. The zero-order valence-corrected chi connectivity index (χ0v) is 9.57. The molecular weight excluding hydrogens is 202 g/mol. The van der Waals surface area contributed by atoms with Crippen LogP contribution in [0.5, 0.6) is 0 Å². The van der Waals surface area contributed by atoms with Gasteiger partial charge in [-0.05, 0) is 18.1 Å². The molecule has 1 aromatic rings. The highest BCUT2D eigenvalue weighted by molar-refractivity contribution is 5.91. The van der Waals surface area contributed by atoms with Crippen molar-refractivity contribution in [2.75, 3.05) is 7.05 Å². The molecule has 0 saturated carbocycles. The third kappa shape index (κ3) is 3.27. The highest BCUT2D eigenvalue weighted by Crippen LogP contribution is 2.09. The van der Waals surface area contributed by atoms with E-state index < -0.39 is 0 Å². The van der Waals surface area contributed by atoms with Crippen LogP contribution in [0.15, 0.2) is 29.3 Å². The fourth-order valence-corrected chi connectivity index (χ4v) is 1.33. The second-order valence-corrected chi connectivity index (χ2v) is 3.64. The van der Waals surface area contributed by atoms with Gasteiger partial charge in [-0.2, -0.15) is 4.99 Å². The largest absolute Gasteiger partial charge is 0.370 e. The monoisotopic (exact) mass is 219 g/mol. The normalized spacial score (nSPS) is 9.62. The van der Waals surface area contributed by atoms with Crippen LogP contribution in [-0.2, 0) is 6.54 Å². The Kier molecular flexibility index (Phi) is 3.88. The average Bonchev–Trinajstić information content (AvgIpc) is 2.20. The van der Waals surface area contributed by atoms with E-state index in [0.29, 0.717) is 6.54 Å². The fourth-order valence-electron chi connectivity index (χ4n) is 1.33. The van der Waals surface area contributed by atoms with E-state index in [-0.39, 0.29) is 11.9 Å². The Hall–Kier alpha value is -2.04. The summed E-state index contributed by atoms with van der Waals surface area (Å²) in [7, 11) is 1.78. The van der Waals surface area contributed by atoms with Crippen molar-refractivity contribution in [3.63, 3.8) is 0 Å². The van der Waals surface area contributed by atoms with E-state index in [1.807, 2.05) is 31.2 Å². The van der Waals surface area contributed by atoms with Gasteiger partial charge < -0.3 is 16.4 Å². The van der Waals surface area contributed by atoms with Gasteiger partial charge in [0.25, 0.3) is 0 Å². The zero-order chi connectivity index (χ0) is 12.1. The number of hydrogen-bond donors (Lipinski definition) is 3. The third-order valence-electron chi connectivity index (χ3n) is 2.27. The molecule has 0 spiro atoms. The second kappa shape index (κ2) is 5.16. The molecule has 86 valence electrons. The minimum absolute atomic E-state index is 0.0586. The SMILES string of the molecule is Cc1ccccc1CN(C)C(=N)N=C(N)N. The molecule has 0 fully saturated rings. The zero-order valence-electron chi connectivity index (χ0n) is 9.57. The molecule has 16 heavy (non-hydrogen) atoms. The molecule has 0 saturated heterocycles. The van der Waals surface area contributed by atoms with Gasteiger partial charge in [0.2, 0.25) is 5.96 Å². The number of aryl methyl sites for hydroxylation is 1. The summed E-state index contributed by atoms with van der Waals surface area (Å²) >= 11 is 0. The van der Waals surface area contributed by atoms with Crippen molar-refractivity contribution in [3.8, 4) is 0 Å². The summed E-state index contributed by atoms with van der Waals surface area (Å²) in [6.45, 7) is 2.65. The van der Waals surface area contributed by atoms with Gasteiger partial charge in [0.05, 0.1) is 0 Å². The molecule has 0 aromatic heterocycles. The molecule has 1 aromatic carbocycles. The summed E-state index contributed by atoms with van der Waals surface area (Å²) in [6.07, 6.45) is 0. The van der Waals surface area contributed by atoms with Crippen LogP contribution in [0.2, 0.25) is 0 Å². The predicted molar refractivity (Wildman–Crippen MR) is 66.2 cm³/mol. The summed E-state index contributed by atoms with van der Waals surface area (Å²) < 4.78 is 0. The maximum Gasteiger partial charge on any atom is 0.221 e. The van der Waals surface area contributed by atoms with Crippen molar-refractivity contribution in [1.29, 1.82) is 5.41 Å². The molecule has 0 radical (unpaired) electrons. The van der Waals surface area contributed by atoms with Gasteiger partial charge in [0, 0.05) is 13.6 Å². The van der Waals surface area contributed by atoms with Crippen LogP contribution in [0, 0.1) is 12.3 Å². The molecule has 0 amide bonds. The van der Waals surface area contributed by atoms with Gasteiger partial charge in [-0.1, -0.05) is 24.3 Å². The number of nitrogens with one attached hydrogen (secondary N) is 1. The van der Waals surface area contributed by atoms with Gasteiger partial charge >= 0.3 is 0 Å². The van der Waals surface area contributed by atoms with Gasteiger partial charge in [0.1, 0.15) is 0 Å². The molecule has 0 aliphatic heterocycles. The van der Waals surface area contributed by atoms with Crippen molar-refractivity contribution < 1.29 is 0 Å². The molecule has 0 bridgehead atoms. The molecule has 5 N–H and O–H groups in total. The quantitative estimate of drug-likeness (QED) is 0.503. The molecule has 0 heterocycles. The first-order valence-electron chi connectivity index (χ1n) is 4.94. The summed E-state index contributed by atoms with van der Waals surface area (Å²) in [5.41, 5.74) is 12.8. The fraction of sp³-hybridized carbons (Fsp3) is 0.273. The van der Waals surface area contributed by atoms with Crippen LogP contribution in [0.1, 0.15) is 11.1 Å². The van der Waals surface area contributed by atoms with E-state index >= 15 is 0 Å². The minimum atomic E-state index is -0.0957. The first-order chi connectivity index (χ1) is 7.50. The predicted octanol–water partition coefficient (Wildman–Crippen LogP) is 0.635. The molecule has 0 aliphatic rings. The number of hydrogen-bond acceptors (Lipinski definition) is 1. The minimum Gasteiger partial charge on any atom is -0.370 e. The summed E-state index contributed by atoms with van der Waals surface area (Å²) in [4.78, 5) is 5.37. The number of rotatable bonds is 2. The van der Waals surface area contributed by atoms with Crippen LogP contribution in [0.25, 0.3) is 0 Å². The van der Waals surface area contributed by atoms with Crippen LogP contribution in [0.4, 0.5) is 0 Å². The Bertz CT molecular complexity index is 407. The number of benzene rings is 1. The van der Waals surface area contributed by atoms with Crippen LogP contribution >= 0.6 is 0 Å². The summed E-state index contributed by atoms with van der Waals surface area (Å²) in [5.74, 6) is -0.0371. The van der Waals surface area contributed by atoms with E-state index in [2.05, 4.69) is 4.99 Å².